The molecule has 0 unspecified atom stereocenters. The van der Waals surface area contributed by atoms with Crippen LogP contribution in [0.3, 0.4) is 0 Å². The Morgan fingerprint density at radius 2 is 1.96 bits per heavy atom. The average Bonchev–Trinajstić information content (AvgIpc) is 3.18. The maximum atomic E-state index is 13.7. The average molecular weight is 466 g/mol. The predicted octanol–water partition coefficient (Wildman–Crippen LogP) is 2.89. The van der Waals surface area contributed by atoms with Crippen LogP contribution in [0, 0.1) is 5.82 Å². The van der Waals surface area contributed by atoms with Gasteiger partial charge in [-0.15, -0.1) is 24.0 Å². The highest BCUT2D eigenvalue weighted by Gasteiger charge is 2.04. The lowest BCUT2D eigenvalue weighted by Crippen LogP contribution is -2.36. The molecule has 2 N–H and O–H groups in total. The first-order valence-electron chi connectivity index (χ1n) is 7.87. The highest BCUT2D eigenvalue weighted by Crippen LogP contribution is 2.07. The van der Waals surface area contributed by atoms with E-state index in [0.717, 1.165) is 11.4 Å². The zero-order valence-corrected chi connectivity index (χ0v) is 16.6. The highest BCUT2D eigenvalue weighted by molar-refractivity contribution is 14.0. The number of aliphatic imine (C=N–C) groups is 1. The van der Waals surface area contributed by atoms with Gasteiger partial charge >= 0.3 is 0 Å². The zero-order chi connectivity index (χ0) is 17.5. The second-order valence-electron chi connectivity index (χ2n) is 5.36. The number of nitrogens with one attached hydrogen (secondary N) is 2. The van der Waals surface area contributed by atoms with Crippen molar-refractivity contribution in [1.82, 2.24) is 25.2 Å². The van der Waals surface area contributed by atoms with Gasteiger partial charge in [0.15, 0.2) is 5.96 Å². The van der Waals surface area contributed by atoms with E-state index in [4.69, 9.17) is 0 Å². The summed E-state index contributed by atoms with van der Waals surface area (Å²) in [6, 6.07) is 10.6. The summed E-state index contributed by atoms with van der Waals surface area (Å²) in [6.07, 6.45) is 7.01. The Labute approximate surface area is 168 Å². The van der Waals surface area contributed by atoms with Crippen LogP contribution in [0.1, 0.15) is 11.1 Å². The second kappa shape index (κ2) is 9.85. The third-order valence-electron chi connectivity index (χ3n) is 3.67. The van der Waals surface area contributed by atoms with E-state index in [1.54, 1.807) is 37.9 Å². The summed E-state index contributed by atoms with van der Waals surface area (Å²) in [5, 5.41) is 6.32. The zero-order valence-electron chi connectivity index (χ0n) is 14.3. The molecule has 2 heterocycles. The van der Waals surface area contributed by atoms with Crippen molar-refractivity contribution in [3.8, 4) is 5.82 Å². The number of guanidine groups is 1. The minimum absolute atomic E-state index is 0. The van der Waals surface area contributed by atoms with Crippen LogP contribution in [-0.4, -0.2) is 27.5 Å². The molecule has 0 amide bonds. The molecule has 0 aliphatic rings. The lowest BCUT2D eigenvalue weighted by molar-refractivity contribution is 0.604. The smallest absolute Gasteiger partial charge is 0.191 e. The molecule has 0 saturated heterocycles. The number of aromatic nitrogens is 3. The molecule has 1 aromatic carbocycles. The number of nitrogens with zero attached hydrogens (tertiary/aromatic N) is 4. The van der Waals surface area contributed by atoms with Gasteiger partial charge < -0.3 is 10.6 Å². The number of benzene rings is 1. The van der Waals surface area contributed by atoms with E-state index in [9.17, 15) is 4.39 Å². The van der Waals surface area contributed by atoms with Crippen molar-refractivity contribution >= 4 is 29.9 Å². The van der Waals surface area contributed by atoms with E-state index in [2.05, 4.69) is 25.6 Å². The van der Waals surface area contributed by atoms with Gasteiger partial charge in [0.25, 0.3) is 0 Å². The van der Waals surface area contributed by atoms with Gasteiger partial charge in [-0.1, -0.05) is 18.2 Å². The van der Waals surface area contributed by atoms with Crippen LogP contribution in [0.4, 0.5) is 4.39 Å². The number of rotatable bonds is 5. The molecule has 8 heteroatoms. The lowest BCUT2D eigenvalue weighted by atomic mass is 10.2. The van der Waals surface area contributed by atoms with Crippen LogP contribution in [0.15, 0.2) is 66.3 Å². The standard InChI is InChI=1S/C18H19FN6.HI/c1-20-18(24-12-15-4-2-3-5-16(15)19)23-11-14-6-7-22-17(10-14)25-9-8-21-13-25;/h2-10,13H,11-12H2,1H3,(H2,20,23,24);1H. The highest BCUT2D eigenvalue weighted by atomic mass is 127. The monoisotopic (exact) mass is 466 g/mol. The van der Waals surface area contributed by atoms with Crippen LogP contribution in [-0.2, 0) is 13.1 Å². The third kappa shape index (κ3) is 5.25. The van der Waals surface area contributed by atoms with E-state index in [1.165, 1.54) is 6.07 Å². The quantitative estimate of drug-likeness (QED) is 0.345. The molecular weight excluding hydrogens is 446 g/mol. The number of pyridine rings is 1. The van der Waals surface area contributed by atoms with Crippen LogP contribution in [0.5, 0.6) is 0 Å². The summed E-state index contributed by atoms with van der Waals surface area (Å²) in [6.45, 7) is 0.935. The molecule has 0 spiro atoms. The molecular formula is C18H20FIN6. The summed E-state index contributed by atoms with van der Waals surface area (Å²) in [4.78, 5) is 12.5. The van der Waals surface area contributed by atoms with Gasteiger partial charge in [-0.3, -0.25) is 9.56 Å². The normalized spacial score (nSPS) is 10.9. The van der Waals surface area contributed by atoms with Crippen LogP contribution < -0.4 is 10.6 Å². The fourth-order valence-electron chi connectivity index (χ4n) is 2.33. The van der Waals surface area contributed by atoms with Crippen LogP contribution >= 0.6 is 24.0 Å². The van der Waals surface area contributed by atoms with E-state index >= 15 is 0 Å². The van der Waals surface area contributed by atoms with Gasteiger partial charge in [-0.25, -0.2) is 14.4 Å². The van der Waals surface area contributed by atoms with E-state index in [-0.39, 0.29) is 29.8 Å². The van der Waals surface area contributed by atoms with Gasteiger partial charge in [0, 0.05) is 44.3 Å². The predicted molar refractivity (Wildman–Crippen MR) is 110 cm³/mol. The number of imidazole rings is 1. The van der Waals surface area contributed by atoms with Gasteiger partial charge in [-0.2, -0.15) is 0 Å². The third-order valence-corrected chi connectivity index (χ3v) is 3.67. The molecule has 26 heavy (non-hydrogen) atoms. The summed E-state index contributed by atoms with van der Waals surface area (Å²) in [5.74, 6) is 1.17. The molecule has 0 aliphatic heterocycles. The fourth-order valence-corrected chi connectivity index (χ4v) is 2.33. The SMILES string of the molecule is CN=C(NCc1ccnc(-n2ccnc2)c1)NCc1ccccc1F.I. The van der Waals surface area contributed by atoms with Crippen molar-refractivity contribution in [2.75, 3.05) is 7.05 Å². The van der Waals surface area contributed by atoms with Crippen molar-refractivity contribution < 1.29 is 4.39 Å². The molecule has 136 valence electrons. The first-order valence-corrected chi connectivity index (χ1v) is 7.87. The minimum Gasteiger partial charge on any atom is -0.352 e. The van der Waals surface area contributed by atoms with Gasteiger partial charge in [-0.05, 0) is 23.8 Å². The van der Waals surface area contributed by atoms with Gasteiger partial charge in [0.05, 0.1) is 0 Å². The summed E-state index contributed by atoms with van der Waals surface area (Å²) >= 11 is 0. The van der Waals surface area contributed by atoms with Crippen LogP contribution in [0.2, 0.25) is 0 Å². The molecule has 3 aromatic rings. The first-order chi connectivity index (χ1) is 12.3. The maximum absolute atomic E-state index is 13.7. The van der Waals surface area contributed by atoms with E-state index < -0.39 is 0 Å². The Morgan fingerprint density at radius 3 is 2.69 bits per heavy atom. The molecule has 6 nitrogen and oxygen atoms in total. The van der Waals surface area contributed by atoms with Crippen molar-refractivity contribution in [2.45, 2.75) is 13.1 Å². The Bertz CT molecular complexity index is 850. The summed E-state index contributed by atoms with van der Waals surface area (Å²) in [5.41, 5.74) is 1.64. The Kier molecular flexibility index (Phi) is 7.52. The fraction of sp³-hybridized carbons (Fsp3) is 0.167. The lowest BCUT2D eigenvalue weighted by Gasteiger charge is -2.13. The molecule has 0 saturated carbocycles. The van der Waals surface area contributed by atoms with Crippen LogP contribution in [0.25, 0.3) is 5.82 Å². The molecule has 0 atom stereocenters. The molecule has 0 fully saturated rings. The van der Waals surface area contributed by atoms with Crippen molar-refractivity contribution in [3.63, 3.8) is 0 Å². The van der Waals surface area contributed by atoms with Gasteiger partial charge in [0.2, 0.25) is 0 Å². The first kappa shape index (κ1) is 19.8. The number of hydrogen-bond acceptors (Lipinski definition) is 3. The van der Waals surface area contributed by atoms with Crippen molar-refractivity contribution in [1.29, 1.82) is 0 Å². The van der Waals surface area contributed by atoms with Crippen molar-refractivity contribution in [2.24, 2.45) is 4.99 Å². The van der Waals surface area contributed by atoms with Crippen molar-refractivity contribution in [3.05, 3.63) is 78.3 Å². The minimum atomic E-state index is -0.232. The summed E-state index contributed by atoms with van der Waals surface area (Å²) < 4.78 is 15.5. The van der Waals surface area contributed by atoms with E-state index in [0.29, 0.717) is 24.6 Å². The molecule has 0 aliphatic carbocycles. The maximum Gasteiger partial charge on any atom is 0.191 e. The topological polar surface area (TPSA) is 67.1 Å². The molecule has 2 aromatic heterocycles. The second-order valence-corrected chi connectivity index (χ2v) is 5.36. The molecule has 0 radical (unpaired) electrons. The number of hydrogen-bond donors (Lipinski definition) is 2. The Morgan fingerprint density at radius 1 is 1.15 bits per heavy atom. The van der Waals surface area contributed by atoms with E-state index in [1.807, 2.05) is 29.0 Å². The Balaban J connectivity index is 0.00000243. The molecule has 0 bridgehead atoms. The summed E-state index contributed by atoms with van der Waals surface area (Å²) in [7, 11) is 1.68. The van der Waals surface area contributed by atoms with Gasteiger partial charge in [0.1, 0.15) is 18.0 Å². The largest absolute Gasteiger partial charge is 0.352 e. The Hall–Kier alpha value is -2.49. The number of halogens is 2. The molecule has 3 rings (SSSR count).